The molecule has 3 N–H and O–H groups in total. The van der Waals surface area contributed by atoms with E-state index >= 15 is 0 Å². The fourth-order valence-electron chi connectivity index (χ4n) is 3.95. The molecule has 3 heterocycles. The monoisotopic (exact) mass is 416 g/mol. The molecule has 0 spiro atoms. The van der Waals surface area contributed by atoms with Crippen molar-refractivity contribution in [1.82, 2.24) is 19.9 Å². The summed E-state index contributed by atoms with van der Waals surface area (Å²) >= 11 is 0. The number of aromatic amines is 3. The van der Waals surface area contributed by atoms with E-state index in [0.717, 1.165) is 45.2 Å². The summed E-state index contributed by atoms with van der Waals surface area (Å²) in [5.41, 5.74) is 4.59. The molecule has 0 fully saturated rings. The molecule has 0 atom stereocenters. The van der Waals surface area contributed by atoms with Crippen LogP contribution in [0.4, 0.5) is 0 Å². The summed E-state index contributed by atoms with van der Waals surface area (Å²) in [4.78, 5) is 12.8. The average molecular weight is 417 g/mol. The van der Waals surface area contributed by atoms with Crippen molar-refractivity contribution in [3.63, 3.8) is 0 Å². The van der Waals surface area contributed by atoms with Crippen LogP contribution in [0.25, 0.3) is 23.1 Å². The molecule has 0 aliphatic rings. The van der Waals surface area contributed by atoms with Crippen molar-refractivity contribution < 1.29 is 4.74 Å². The van der Waals surface area contributed by atoms with Crippen LogP contribution in [-0.2, 0) is 0 Å². The van der Waals surface area contributed by atoms with E-state index in [1.165, 1.54) is 16.2 Å². The van der Waals surface area contributed by atoms with Crippen molar-refractivity contribution in [3.8, 4) is 5.75 Å². The number of rotatable bonds is 5. The molecule has 162 valence electrons. The fourth-order valence-corrected chi connectivity index (χ4v) is 3.95. The summed E-state index contributed by atoms with van der Waals surface area (Å²) in [6.07, 6.45) is 4.50. The van der Waals surface area contributed by atoms with Crippen LogP contribution < -0.4 is 15.3 Å². The van der Waals surface area contributed by atoms with Crippen molar-refractivity contribution in [2.75, 3.05) is 20.6 Å². The lowest BCUT2D eigenvalue weighted by Gasteiger charge is -2.06. The van der Waals surface area contributed by atoms with Gasteiger partial charge < -0.3 is 24.6 Å². The topological polar surface area (TPSA) is 59.8 Å². The van der Waals surface area contributed by atoms with Gasteiger partial charge in [-0.25, -0.2) is 0 Å². The predicted octanol–water partition coefficient (Wildman–Crippen LogP) is 3.69. The van der Waals surface area contributed by atoms with Gasteiger partial charge in [0.1, 0.15) is 5.75 Å². The Morgan fingerprint density at radius 3 is 2.48 bits per heavy atom. The van der Waals surface area contributed by atoms with Crippen molar-refractivity contribution >= 4 is 23.1 Å². The molecule has 1 aromatic carbocycles. The maximum Gasteiger partial charge on any atom is 0.145 e. The highest BCUT2D eigenvalue weighted by Gasteiger charge is 2.07. The van der Waals surface area contributed by atoms with Crippen LogP contribution in [-0.4, -0.2) is 46.6 Å². The minimum atomic E-state index is 0.0877. The number of para-hydroxylation sites is 1. The molecule has 0 aliphatic carbocycles. The Balaban J connectivity index is 2.06. The molecule has 0 unspecified atom stereocenters. The highest BCUT2D eigenvalue weighted by atomic mass is 16.5. The predicted molar refractivity (Wildman–Crippen MR) is 129 cm³/mol. The number of H-pyrrole nitrogens is 3. The summed E-state index contributed by atoms with van der Waals surface area (Å²) < 4.78 is 6.17. The van der Waals surface area contributed by atoms with E-state index in [2.05, 4.69) is 110 Å². The molecular formula is C26H32N4O. The molecule has 0 radical (unpaired) electrons. The normalized spacial score (nSPS) is 14.5. The van der Waals surface area contributed by atoms with Crippen molar-refractivity contribution in [1.29, 1.82) is 0 Å². The highest BCUT2D eigenvalue weighted by Crippen LogP contribution is 2.13. The lowest BCUT2D eigenvalue weighted by atomic mass is 10.2. The van der Waals surface area contributed by atoms with Crippen LogP contribution in [0.5, 0.6) is 5.75 Å². The Labute approximate surface area is 182 Å². The number of nitrogens with one attached hydrogen (secondary N) is 3. The van der Waals surface area contributed by atoms with E-state index in [4.69, 9.17) is 4.74 Å². The first-order valence-electron chi connectivity index (χ1n) is 10.8. The van der Waals surface area contributed by atoms with Crippen LogP contribution in [0.3, 0.4) is 0 Å². The number of aryl methyl sites for hydroxylation is 2. The van der Waals surface area contributed by atoms with Crippen molar-refractivity contribution in [2.24, 2.45) is 0 Å². The van der Waals surface area contributed by atoms with Crippen LogP contribution in [0.2, 0.25) is 0 Å². The average Bonchev–Trinajstić information content (AvgIpc) is 3.35. The molecule has 0 saturated heterocycles. The van der Waals surface area contributed by atoms with Crippen molar-refractivity contribution in [3.05, 3.63) is 74.6 Å². The summed E-state index contributed by atoms with van der Waals surface area (Å²) in [6, 6.07) is 12.7. The second-order valence-corrected chi connectivity index (χ2v) is 8.75. The molecule has 5 heteroatoms. The largest absolute Gasteiger partial charge is 0.489 e. The molecule has 3 aromatic heterocycles. The maximum atomic E-state index is 6.17. The third kappa shape index (κ3) is 4.47. The van der Waals surface area contributed by atoms with Gasteiger partial charge in [-0.1, -0.05) is 24.3 Å². The maximum absolute atomic E-state index is 6.17. The first-order chi connectivity index (χ1) is 14.8. The van der Waals surface area contributed by atoms with Crippen LogP contribution >= 0.6 is 0 Å². The van der Waals surface area contributed by atoms with E-state index in [0.29, 0.717) is 0 Å². The number of aromatic nitrogens is 3. The molecular weight excluding hydrogens is 384 g/mol. The summed E-state index contributed by atoms with van der Waals surface area (Å²) in [7, 11) is 4.17. The smallest absolute Gasteiger partial charge is 0.145 e. The summed E-state index contributed by atoms with van der Waals surface area (Å²) in [5, 5.41) is 5.49. The lowest BCUT2D eigenvalue weighted by molar-refractivity contribution is 0.240. The molecule has 4 aromatic rings. The Hall–Kier alpha value is -3.18. The van der Waals surface area contributed by atoms with Gasteiger partial charge in [0.2, 0.25) is 0 Å². The Morgan fingerprint density at radius 1 is 1.03 bits per heavy atom. The lowest BCUT2D eigenvalue weighted by Crippen LogP contribution is -2.14. The first-order valence-corrected chi connectivity index (χ1v) is 10.8. The van der Waals surface area contributed by atoms with Crippen LogP contribution in [0.1, 0.15) is 30.8 Å². The van der Waals surface area contributed by atoms with Gasteiger partial charge >= 0.3 is 0 Å². The van der Waals surface area contributed by atoms with Gasteiger partial charge in [-0.15, -0.1) is 0 Å². The van der Waals surface area contributed by atoms with Gasteiger partial charge in [0, 0.05) is 40.1 Å². The fraction of sp³-hybridized carbons (Fsp3) is 0.308. The van der Waals surface area contributed by atoms with E-state index < -0.39 is 0 Å². The van der Waals surface area contributed by atoms with Gasteiger partial charge in [-0.3, -0.25) is 0 Å². The van der Waals surface area contributed by atoms with Gasteiger partial charge in [-0.2, -0.15) is 0 Å². The number of ether oxygens (including phenoxy) is 1. The molecule has 0 aliphatic heterocycles. The van der Waals surface area contributed by atoms with E-state index in [1.807, 2.05) is 0 Å². The quantitative estimate of drug-likeness (QED) is 0.465. The standard InChI is InChI=1S/C26H32N4O/c1-16(2)31-25-15-24(28-23(25)14-22-17(3)13-18(4)27-22)26-20(11-12-30(5)6)19-9-7-8-10-21(19)29-26/h7-11,13-16,27-29H,12H2,1-6H3/b20-11-,23-14-,26-24-. The number of benzene rings is 1. The second kappa shape index (κ2) is 8.52. The van der Waals surface area contributed by atoms with Crippen LogP contribution in [0, 0.1) is 24.5 Å². The Morgan fingerprint density at radius 2 is 1.81 bits per heavy atom. The van der Waals surface area contributed by atoms with Gasteiger partial charge in [0.25, 0.3) is 0 Å². The molecule has 31 heavy (non-hydrogen) atoms. The molecule has 0 bridgehead atoms. The second-order valence-electron chi connectivity index (χ2n) is 8.75. The van der Waals surface area contributed by atoms with Crippen LogP contribution in [0.15, 0.2) is 36.4 Å². The number of nitrogens with zero attached hydrogens (tertiary/aromatic N) is 1. The molecule has 4 rings (SSSR count). The third-order valence-electron chi connectivity index (χ3n) is 5.33. The minimum Gasteiger partial charge on any atom is -0.489 e. The van der Waals surface area contributed by atoms with E-state index in [9.17, 15) is 0 Å². The third-order valence-corrected chi connectivity index (χ3v) is 5.33. The Bertz CT molecular complexity index is 1420. The van der Waals surface area contributed by atoms with Gasteiger partial charge in [-0.05, 0) is 65.6 Å². The van der Waals surface area contributed by atoms with Gasteiger partial charge in [0.15, 0.2) is 0 Å². The van der Waals surface area contributed by atoms with E-state index in [1.54, 1.807) is 0 Å². The SMILES string of the molecule is Cc1cc(C)c(/C=c2\[nH]/c(=c3\[nH]c4ccccc4\c3=C\CN(C)C)cc2OC(C)C)[nH]1. The number of fused-ring (bicyclic) bond motifs is 1. The molecule has 0 amide bonds. The zero-order valence-corrected chi connectivity index (χ0v) is 19.3. The summed E-state index contributed by atoms with van der Waals surface area (Å²) in [5.74, 6) is 0.855. The number of hydrogen-bond donors (Lipinski definition) is 3. The van der Waals surface area contributed by atoms with Crippen molar-refractivity contribution in [2.45, 2.75) is 33.8 Å². The molecule has 0 saturated carbocycles. The highest BCUT2D eigenvalue weighted by molar-refractivity contribution is 5.81. The van der Waals surface area contributed by atoms with Gasteiger partial charge in [0.05, 0.1) is 22.2 Å². The zero-order valence-electron chi connectivity index (χ0n) is 19.3. The zero-order chi connectivity index (χ0) is 22.1. The summed E-state index contributed by atoms with van der Waals surface area (Å²) in [6.45, 7) is 9.17. The molecule has 5 nitrogen and oxygen atoms in total. The first kappa shape index (κ1) is 21.1. The Kier molecular flexibility index (Phi) is 5.79. The number of hydrogen-bond acceptors (Lipinski definition) is 2. The minimum absolute atomic E-state index is 0.0877. The van der Waals surface area contributed by atoms with E-state index in [-0.39, 0.29) is 6.10 Å².